The highest BCUT2D eigenvalue weighted by Crippen LogP contribution is 2.29. The Morgan fingerprint density at radius 3 is 1.94 bits per heavy atom. The van der Waals surface area contributed by atoms with E-state index >= 15 is 0 Å². The molecular weight excluding hydrogens is 248 g/mol. The Morgan fingerprint density at radius 1 is 1.06 bits per heavy atom. The van der Waals surface area contributed by atoms with E-state index in [1.54, 1.807) is 0 Å². The molecule has 0 fully saturated rings. The Labute approximate surface area is 89.4 Å². The fraction of sp³-hybridized carbons (Fsp3) is 0.111. The Bertz CT molecular complexity index is 485. The lowest BCUT2D eigenvalue weighted by Crippen LogP contribution is -2.03. The summed E-state index contributed by atoms with van der Waals surface area (Å²) in [4.78, 5) is 0. The maximum atomic E-state index is 12.1. The number of benzene rings is 1. The van der Waals surface area contributed by atoms with Crippen molar-refractivity contribution in [3.63, 3.8) is 0 Å². The molecule has 0 atom stereocenters. The van der Waals surface area contributed by atoms with Gasteiger partial charge in [-0.25, -0.2) is 0 Å². The predicted octanol–water partition coefficient (Wildman–Crippen LogP) is 2.98. The number of halogens is 4. The van der Waals surface area contributed by atoms with Crippen LogP contribution in [-0.4, -0.2) is 8.42 Å². The molecule has 16 heavy (non-hydrogen) atoms. The summed E-state index contributed by atoms with van der Waals surface area (Å²) in [7, 11) is -4.76. The van der Waals surface area contributed by atoms with Gasteiger partial charge in [-0.1, -0.05) is 12.1 Å². The molecule has 7 heteroatoms. The molecule has 1 aromatic rings. The van der Waals surface area contributed by atoms with Crippen LogP contribution < -0.4 is 0 Å². The summed E-state index contributed by atoms with van der Waals surface area (Å²) < 4.78 is 68.6. The van der Waals surface area contributed by atoms with Crippen molar-refractivity contribution in [2.24, 2.45) is 0 Å². The predicted molar refractivity (Wildman–Crippen MR) is 50.5 cm³/mol. The van der Waals surface area contributed by atoms with Gasteiger partial charge < -0.3 is 0 Å². The molecule has 0 radical (unpaired) electrons. The van der Waals surface area contributed by atoms with E-state index < -0.39 is 22.0 Å². The fourth-order valence-corrected chi connectivity index (χ4v) is 1.26. The SMILES string of the molecule is O=S(=O)(F)C=Cc1ccc(C(F)(F)F)cc1. The van der Waals surface area contributed by atoms with Crippen molar-refractivity contribution >= 4 is 16.3 Å². The highest BCUT2D eigenvalue weighted by atomic mass is 32.3. The molecule has 0 amide bonds. The second-order valence-electron chi connectivity index (χ2n) is 2.90. The molecule has 2 nitrogen and oxygen atoms in total. The van der Waals surface area contributed by atoms with Crippen molar-refractivity contribution in [3.05, 3.63) is 40.8 Å². The minimum atomic E-state index is -4.76. The minimum Gasteiger partial charge on any atom is -0.190 e. The molecule has 0 saturated heterocycles. The van der Waals surface area contributed by atoms with Crippen molar-refractivity contribution < 1.29 is 25.5 Å². The lowest BCUT2D eigenvalue weighted by atomic mass is 10.1. The van der Waals surface area contributed by atoms with Gasteiger partial charge in [0.05, 0.1) is 11.0 Å². The average molecular weight is 254 g/mol. The van der Waals surface area contributed by atoms with Gasteiger partial charge in [-0.15, -0.1) is 3.89 Å². The molecule has 0 aromatic heterocycles. The maximum Gasteiger partial charge on any atom is 0.416 e. The molecule has 0 saturated carbocycles. The second-order valence-corrected chi connectivity index (χ2v) is 4.12. The standard InChI is InChI=1S/C9H6F4O2S/c10-9(11,12)8-3-1-7(2-4-8)5-6-16(13,14)15/h1-6H. The molecule has 0 spiro atoms. The van der Waals surface area contributed by atoms with Crippen molar-refractivity contribution in [1.82, 2.24) is 0 Å². The van der Waals surface area contributed by atoms with Gasteiger partial charge in [0.2, 0.25) is 0 Å². The topological polar surface area (TPSA) is 34.1 Å². The third kappa shape index (κ3) is 4.01. The van der Waals surface area contributed by atoms with Crippen molar-refractivity contribution in [1.29, 1.82) is 0 Å². The van der Waals surface area contributed by atoms with Gasteiger partial charge in [0.25, 0.3) is 0 Å². The van der Waals surface area contributed by atoms with Gasteiger partial charge in [0.15, 0.2) is 0 Å². The molecule has 88 valence electrons. The third-order valence-corrected chi connectivity index (χ3v) is 2.12. The van der Waals surface area contributed by atoms with E-state index in [-0.39, 0.29) is 11.0 Å². The van der Waals surface area contributed by atoms with Crippen molar-refractivity contribution in [2.75, 3.05) is 0 Å². The van der Waals surface area contributed by atoms with Crippen LogP contribution in [0.15, 0.2) is 29.7 Å². The van der Waals surface area contributed by atoms with E-state index in [9.17, 15) is 25.5 Å². The lowest BCUT2D eigenvalue weighted by Gasteiger charge is -2.05. The van der Waals surface area contributed by atoms with Gasteiger partial charge in [0, 0.05) is 0 Å². The molecule has 1 rings (SSSR count). The fourth-order valence-electron chi connectivity index (χ4n) is 0.943. The molecule has 0 unspecified atom stereocenters. The first kappa shape index (κ1) is 12.7. The van der Waals surface area contributed by atoms with E-state index in [0.29, 0.717) is 0 Å². The zero-order chi connectivity index (χ0) is 12.4. The molecular formula is C9H6F4O2S. The smallest absolute Gasteiger partial charge is 0.190 e. The molecule has 0 bridgehead atoms. The van der Waals surface area contributed by atoms with Gasteiger partial charge in [-0.3, -0.25) is 0 Å². The van der Waals surface area contributed by atoms with Crippen LogP contribution in [0, 0.1) is 0 Å². The summed E-state index contributed by atoms with van der Waals surface area (Å²) in [5, 5.41) is 0.273. The van der Waals surface area contributed by atoms with Crippen LogP contribution in [0.5, 0.6) is 0 Å². The Morgan fingerprint density at radius 2 is 1.56 bits per heavy atom. The lowest BCUT2D eigenvalue weighted by molar-refractivity contribution is -0.137. The van der Waals surface area contributed by atoms with Gasteiger partial charge in [0.1, 0.15) is 0 Å². The van der Waals surface area contributed by atoms with E-state index in [1.165, 1.54) is 0 Å². The van der Waals surface area contributed by atoms with Crippen LogP contribution in [0.25, 0.3) is 6.08 Å². The van der Waals surface area contributed by atoms with Crippen LogP contribution in [0.3, 0.4) is 0 Å². The minimum absolute atomic E-state index is 0.161. The maximum absolute atomic E-state index is 12.1. The monoisotopic (exact) mass is 254 g/mol. The second kappa shape index (κ2) is 4.25. The summed E-state index contributed by atoms with van der Waals surface area (Å²) in [6.07, 6.45) is -3.58. The van der Waals surface area contributed by atoms with Gasteiger partial charge in [-0.05, 0) is 23.8 Å². The first-order chi connectivity index (χ1) is 7.18. The highest BCUT2D eigenvalue weighted by Gasteiger charge is 2.29. The quantitative estimate of drug-likeness (QED) is 0.600. The Balaban J connectivity index is 2.93. The van der Waals surface area contributed by atoms with Crippen LogP contribution in [0.1, 0.15) is 11.1 Å². The number of hydrogen-bond acceptors (Lipinski definition) is 2. The van der Waals surface area contributed by atoms with E-state index in [4.69, 9.17) is 0 Å². The first-order valence-electron chi connectivity index (χ1n) is 3.98. The zero-order valence-corrected chi connectivity index (χ0v) is 8.52. The molecule has 0 aliphatic carbocycles. The third-order valence-electron chi connectivity index (χ3n) is 1.66. The zero-order valence-electron chi connectivity index (χ0n) is 7.70. The Kier molecular flexibility index (Phi) is 3.37. The van der Waals surface area contributed by atoms with E-state index in [2.05, 4.69) is 0 Å². The van der Waals surface area contributed by atoms with Crippen LogP contribution in [-0.2, 0) is 16.4 Å². The summed E-state index contributed by atoms with van der Waals surface area (Å²) in [6, 6.07) is 3.66. The van der Waals surface area contributed by atoms with E-state index in [0.717, 1.165) is 30.3 Å². The summed E-state index contributed by atoms with van der Waals surface area (Å²) >= 11 is 0. The van der Waals surface area contributed by atoms with Crippen LogP contribution in [0.4, 0.5) is 17.1 Å². The molecule has 0 heterocycles. The first-order valence-corrected chi connectivity index (χ1v) is 5.43. The van der Waals surface area contributed by atoms with Crippen molar-refractivity contribution in [2.45, 2.75) is 6.18 Å². The molecule has 1 aromatic carbocycles. The molecule has 0 aliphatic rings. The van der Waals surface area contributed by atoms with E-state index in [1.807, 2.05) is 0 Å². The van der Waals surface area contributed by atoms with Crippen molar-refractivity contribution in [3.8, 4) is 0 Å². The van der Waals surface area contributed by atoms with Gasteiger partial charge in [-0.2, -0.15) is 21.6 Å². The normalized spacial score (nSPS) is 13.2. The molecule has 0 aliphatic heterocycles. The van der Waals surface area contributed by atoms with Crippen LogP contribution in [0.2, 0.25) is 0 Å². The number of rotatable bonds is 2. The number of alkyl halides is 3. The summed E-state index contributed by atoms with van der Waals surface area (Å²) in [5.74, 6) is 0. The Hall–Kier alpha value is -1.37. The number of hydrogen-bond donors (Lipinski definition) is 0. The average Bonchev–Trinajstić information content (AvgIpc) is 2.13. The summed E-state index contributed by atoms with van der Waals surface area (Å²) in [6.45, 7) is 0. The molecule has 0 N–H and O–H groups in total. The largest absolute Gasteiger partial charge is 0.416 e. The highest BCUT2D eigenvalue weighted by molar-refractivity contribution is 7.89. The summed E-state index contributed by atoms with van der Waals surface area (Å²) in [5.41, 5.74) is -0.693. The van der Waals surface area contributed by atoms with Gasteiger partial charge >= 0.3 is 16.4 Å². The van der Waals surface area contributed by atoms with Crippen LogP contribution >= 0.6 is 0 Å².